The van der Waals surface area contributed by atoms with E-state index in [4.69, 9.17) is 4.74 Å². The van der Waals surface area contributed by atoms with E-state index in [1.807, 2.05) is 11.0 Å². The van der Waals surface area contributed by atoms with Crippen LogP contribution in [-0.4, -0.2) is 97.7 Å². The third-order valence-electron chi connectivity index (χ3n) is 6.24. The molecule has 0 saturated carbocycles. The van der Waals surface area contributed by atoms with E-state index < -0.39 is 35.8 Å². The predicted molar refractivity (Wildman–Crippen MR) is 132 cm³/mol. The third-order valence-corrected chi connectivity index (χ3v) is 6.68. The number of pyridine rings is 1. The van der Waals surface area contributed by atoms with E-state index in [2.05, 4.69) is 31.0 Å². The average molecular weight is 588 g/mol. The molecule has 0 spiro atoms. The summed E-state index contributed by atoms with van der Waals surface area (Å²) in [6, 6.07) is 0.589. The molecule has 11 nitrogen and oxygen atoms in total. The van der Waals surface area contributed by atoms with E-state index >= 15 is 0 Å². The minimum absolute atomic E-state index is 0.0302. The first-order valence-electron chi connectivity index (χ1n) is 11.5. The van der Waals surface area contributed by atoms with Crippen molar-refractivity contribution in [2.45, 2.75) is 31.6 Å². The van der Waals surface area contributed by atoms with Crippen molar-refractivity contribution in [1.29, 1.82) is 0 Å². The molecule has 200 valence electrons. The van der Waals surface area contributed by atoms with Crippen LogP contribution in [0.15, 0.2) is 26.8 Å². The van der Waals surface area contributed by atoms with Gasteiger partial charge in [-0.3, -0.25) is 19.4 Å². The van der Waals surface area contributed by atoms with Gasteiger partial charge >= 0.3 is 6.18 Å². The van der Waals surface area contributed by atoms with Crippen molar-refractivity contribution in [1.82, 2.24) is 15.3 Å². The van der Waals surface area contributed by atoms with Gasteiger partial charge in [0.15, 0.2) is 11.7 Å². The molecular formula is C22H25BrF3N7O4. The number of amides is 3. The van der Waals surface area contributed by atoms with Gasteiger partial charge in [-0.2, -0.15) is 18.3 Å². The summed E-state index contributed by atoms with van der Waals surface area (Å²) in [6.07, 6.45) is -2.22. The lowest BCUT2D eigenvalue weighted by Crippen LogP contribution is -2.63. The van der Waals surface area contributed by atoms with Crippen molar-refractivity contribution in [3.8, 4) is 0 Å². The quantitative estimate of drug-likeness (QED) is 0.502. The number of carbonyl (C=O) groups excluding carboxylic acids is 3. The van der Waals surface area contributed by atoms with E-state index in [1.54, 1.807) is 23.6 Å². The first-order chi connectivity index (χ1) is 17.5. The molecule has 3 amide bonds. The lowest BCUT2D eigenvalue weighted by Gasteiger charge is -2.46. The van der Waals surface area contributed by atoms with Crippen molar-refractivity contribution in [3.63, 3.8) is 0 Å². The van der Waals surface area contributed by atoms with Crippen LogP contribution in [0.3, 0.4) is 0 Å². The fraction of sp³-hybridized carbons (Fsp3) is 0.545. The maximum atomic E-state index is 13.2. The highest BCUT2D eigenvalue weighted by Crippen LogP contribution is 2.36. The molecule has 3 atom stereocenters. The zero-order valence-corrected chi connectivity index (χ0v) is 21.6. The summed E-state index contributed by atoms with van der Waals surface area (Å²) in [7, 11) is 1.67. The Morgan fingerprint density at radius 3 is 2.84 bits per heavy atom. The maximum absolute atomic E-state index is 13.2. The van der Waals surface area contributed by atoms with Gasteiger partial charge in [-0.15, -0.1) is 0 Å². The molecule has 37 heavy (non-hydrogen) atoms. The number of hydrazone groups is 1. The summed E-state index contributed by atoms with van der Waals surface area (Å²) in [5, 5.41) is 3.40. The molecule has 1 saturated heterocycles. The van der Waals surface area contributed by atoms with Gasteiger partial charge in [0.05, 0.1) is 49.8 Å². The molecule has 1 aromatic rings. The van der Waals surface area contributed by atoms with Crippen LogP contribution in [0, 0.1) is 5.92 Å². The molecule has 0 aromatic carbocycles. The number of rotatable bonds is 6. The molecule has 0 bridgehead atoms. The third kappa shape index (κ3) is 5.76. The lowest BCUT2D eigenvalue weighted by molar-refractivity contribution is -0.168. The van der Waals surface area contributed by atoms with Gasteiger partial charge in [-0.25, -0.2) is 10.4 Å². The van der Waals surface area contributed by atoms with Crippen molar-refractivity contribution >= 4 is 57.1 Å². The Balaban J connectivity index is 1.28. The molecule has 1 N–H and O–H groups in total. The molecule has 0 radical (unpaired) electrons. The summed E-state index contributed by atoms with van der Waals surface area (Å²) in [6.45, 7) is 2.59. The van der Waals surface area contributed by atoms with Gasteiger partial charge in [0, 0.05) is 30.8 Å². The van der Waals surface area contributed by atoms with Crippen LogP contribution in [0.2, 0.25) is 0 Å². The second kappa shape index (κ2) is 10.7. The van der Waals surface area contributed by atoms with Crippen LogP contribution in [-0.2, 0) is 19.1 Å². The van der Waals surface area contributed by atoms with E-state index in [0.717, 1.165) is 10.7 Å². The number of likely N-dealkylation sites (N-methyl/N-ethyl adjacent to an activating group) is 1. The molecule has 0 aliphatic carbocycles. The van der Waals surface area contributed by atoms with Crippen LogP contribution < -0.4 is 15.2 Å². The summed E-state index contributed by atoms with van der Waals surface area (Å²) in [5.74, 6) is -3.32. The van der Waals surface area contributed by atoms with Crippen LogP contribution in [0.1, 0.15) is 13.3 Å². The van der Waals surface area contributed by atoms with Gasteiger partial charge in [-0.1, -0.05) is 0 Å². The molecular weight excluding hydrogens is 563 g/mol. The number of alkyl halides is 3. The molecule has 3 aliphatic rings. The minimum atomic E-state index is -4.80. The average Bonchev–Trinajstić information content (AvgIpc) is 2.84. The van der Waals surface area contributed by atoms with Crippen molar-refractivity contribution in [2.75, 3.05) is 49.7 Å². The number of carbonyl (C=O) groups is 3. The number of nitrogens with one attached hydrogen (secondary N) is 1. The lowest BCUT2D eigenvalue weighted by atomic mass is 10.0. The zero-order chi connectivity index (χ0) is 26.9. The van der Waals surface area contributed by atoms with E-state index in [0.29, 0.717) is 24.6 Å². The number of hydrogen-bond donors (Lipinski definition) is 1. The second-order valence-electron chi connectivity index (χ2n) is 8.88. The summed E-state index contributed by atoms with van der Waals surface area (Å²) < 4.78 is 45.8. The Labute approximate surface area is 218 Å². The molecule has 15 heteroatoms. The number of hydrogen-bond acceptors (Lipinski definition) is 8. The number of anilines is 2. The fourth-order valence-electron chi connectivity index (χ4n) is 4.43. The Bertz CT molecular complexity index is 1150. The zero-order valence-electron chi connectivity index (χ0n) is 20.0. The topological polar surface area (TPSA) is 120 Å². The van der Waals surface area contributed by atoms with Gasteiger partial charge < -0.3 is 19.4 Å². The summed E-state index contributed by atoms with van der Waals surface area (Å²) >= 11 is 3.37. The Morgan fingerprint density at radius 1 is 1.35 bits per heavy atom. The maximum Gasteiger partial charge on any atom is 0.406 e. The molecule has 1 unspecified atom stereocenters. The second-order valence-corrected chi connectivity index (χ2v) is 9.79. The molecule has 4 heterocycles. The van der Waals surface area contributed by atoms with E-state index in [9.17, 15) is 27.6 Å². The number of aromatic nitrogens is 1. The largest absolute Gasteiger partial charge is 0.406 e. The normalized spacial score (nSPS) is 23.6. The summed E-state index contributed by atoms with van der Waals surface area (Å²) in [4.78, 5) is 50.8. The van der Waals surface area contributed by atoms with Crippen LogP contribution >= 0.6 is 15.9 Å². The van der Waals surface area contributed by atoms with E-state index in [-0.39, 0.29) is 38.0 Å². The highest BCUT2D eigenvalue weighted by atomic mass is 79.9. The number of fused-ring (bicyclic) bond motifs is 3. The molecule has 3 aliphatic heterocycles. The highest BCUT2D eigenvalue weighted by molar-refractivity contribution is 9.10. The number of halogens is 4. The van der Waals surface area contributed by atoms with Gasteiger partial charge in [0.1, 0.15) is 6.04 Å². The minimum Gasteiger partial charge on any atom is -0.379 e. The van der Waals surface area contributed by atoms with Crippen LogP contribution in [0.25, 0.3) is 0 Å². The monoisotopic (exact) mass is 587 g/mol. The first kappa shape index (κ1) is 27.0. The van der Waals surface area contributed by atoms with Crippen molar-refractivity contribution in [3.05, 3.63) is 16.7 Å². The van der Waals surface area contributed by atoms with Crippen LogP contribution in [0.4, 0.5) is 24.7 Å². The first-order valence-corrected chi connectivity index (χ1v) is 12.3. The Hall–Kier alpha value is -3.07. The predicted octanol–water partition coefficient (Wildman–Crippen LogP) is 1.37. The standard InChI is InChI=1S/C22H25BrF3N7O4/c1-12(29-14-9-28-30-20(35)18(14)22(24,25)26)11-37-6-3-17(34)32-4-5-33-16(10-32)21(36)31(2)15-7-13(23)8-27-19(15)33/h7-9,12,16,18H,3-6,10-11H2,1-2H3,(H,30,35)/t12-,16+,18?/m0/s1. The SMILES string of the molecule is C[C@@H](COCCC(=O)N1CCN2c3ncc(Br)cc3N(C)C(=O)[C@H]2C1)N=C1C=NNC(=O)C1C(F)(F)F. The molecule has 4 rings (SSSR count). The number of ether oxygens (including phenoxy) is 1. The smallest absolute Gasteiger partial charge is 0.379 e. The Morgan fingerprint density at radius 2 is 2.11 bits per heavy atom. The number of nitrogens with zero attached hydrogens (tertiary/aromatic N) is 6. The van der Waals surface area contributed by atoms with Gasteiger partial charge in [-0.05, 0) is 28.9 Å². The molecule has 1 aromatic heterocycles. The van der Waals surface area contributed by atoms with Crippen molar-refractivity contribution < 1.29 is 32.3 Å². The summed E-state index contributed by atoms with van der Waals surface area (Å²) in [5.41, 5.74) is 2.00. The fourth-order valence-corrected chi connectivity index (χ4v) is 4.75. The van der Waals surface area contributed by atoms with Gasteiger partial charge in [0.2, 0.25) is 5.91 Å². The highest BCUT2D eigenvalue weighted by Gasteiger charge is 2.49. The van der Waals surface area contributed by atoms with Crippen molar-refractivity contribution in [2.24, 2.45) is 16.0 Å². The molecule has 1 fully saturated rings. The number of piperazine rings is 1. The van der Waals surface area contributed by atoms with E-state index in [1.165, 1.54) is 11.8 Å². The Kier molecular flexibility index (Phi) is 7.83. The van der Waals surface area contributed by atoms with Crippen LogP contribution in [0.5, 0.6) is 0 Å². The number of aliphatic imine (C=N–C) groups is 1. The van der Waals surface area contributed by atoms with Gasteiger partial charge in [0.25, 0.3) is 11.8 Å².